The van der Waals surface area contributed by atoms with E-state index in [0.717, 1.165) is 99.9 Å². The summed E-state index contributed by atoms with van der Waals surface area (Å²) in [7, 11) is 0. The molecule has 0 radical (unpaired) electrons. The van der Waals surface area contributed by atoms with E-state index in [2.05, 4.69) is 211 Å². The van der Waals surface area contributed by atoms with Crippen LogP contribution in [0.2, 0.25) is 0 Å². The second-order valence-corrected chi connectivity index (χ2v) is 17.1. The van der Waals surface area contributed by atoms with E-state index >= 15 is 0 Å². The van der Waals surface area contributed by atoms with Crippen LogP contribution in [-0.2, 0) is 0 Å². The van der Waals surface area contributed by atoms with Crippen molar-refractivity contribution in [3.63, 3.8) is 0 Å². The average molecular weight is 869 g/mol. The van der Waals surface area contributed by atoms with Gasteiger partial charge in [-0.1, -0.05) is 206 Å². The van der Waals surface area contributed by atoms with Crippen LogP contribution in [-0.4, -0.2) is 19.5 Å². The van der Waals surface area contributed by atoms with E-state index in [1.807, 2.05) is 36.4 Å². The first-order chi connectivity index (χ1) is 33.7. The Morgan fingerprint density at radius 3 is 1.47 bits per heavy atom. The van der Waals surface area contributed by atoms with Gasteiger partial charge in [-0.15, -0.1) is 0 Å². The van der Waals surface area contributed by atoms with Gasteiger partial charge in [0.05, 0.1) is 16.4 Å². The van der Waals surface area contributed by atoms with Crippen LogP contribution in [0.1, 0.15) is 0 Å². The second-order valence-electron chi connectivity index (χ2n) is 17.1. The first-order valence-electron chi connectivity index (χ1n) is 22.9. The Kier molecular flexibility index (Phi) is 9.43. The zero-order chi connectivity index (χ0) is 45.0. The minimum Gasteiger partial charge on any atom is -0.455 e. The van der Waals surface area contributed by atoms with Crippen molar-refractivity contribution in [2.45, 2.75) is 0 Å². The Morgan fingerprint density at radius 2 is 0.838 bits per heavy atom. The smallest absolute Gasteiger partial charge is 0.164 e. The Bertz CT molecular complexity index is 3880. The van der Waals surface area contributed by atoms with Crippen molar-refractivity contribution in [3.05, 3.63) is 243 Å². The van der Waals surface area contributed by atoms with Crippen LogP contribution in [0.4, 0.5) is 0 Å². The predicted octanol–water partition coefficient (Wildman–Crippen LogP) is 16.5. The van der Waals surface area contributed by atoms with Crippen LogP contribution in [0.3, 0.4) is 0 Å². The Morgan fingerprint density at radius 1 is 0.324 bits per heavy atom. The standard InChI is InChI=1S/C63H40N4O/c1-6-20-41(21-7-1)47-31-18-32-48(42-22-8-2-9-23-42)57(47)45-36-37-49(54(40-45)63-65-61(43-24-10-3-11-25-43)64-62(66-63)44-26-12-4-13-27-44)52-33-19-34-53-58-56(68-60(52)53)39-38-51-50-30-16-17-35-55(50)67(59(51)58)46-28-14-5-15-29-46/h1-40H. The molecule has 0 saturated carbocycles. The van der Waals surface area contributed by atoms with Gasteiger partial charge in [-0.3, -0.25) is 0 Å². The van der Waals surface area contributed by atoms with Crippen LogP contribution >= 0.6 is 0 Å². The third kappa shape index (κ3) is 6.59. The van der Waals surface area contributed by atoms with Gasteiger partial charge in [0.15, 0.2) is 17.5 Å². The van der Waals surface area contributed by atoms with Gasteiger partial charge in [-0.2, -0.15) is 0 Å². The molecular formula is C63H40N4O. The Labute approximate surface area is 392 Å². The van der Waals surface area contributed by atoms with Gasteiger partial charge in [-0.05, 0) is 75.3 Å². The molecule has 0 N–H and O–H groups in total. The topological polar surface area (TPSA) is 56.7 Å². The molecular weight excluding hydrogens is 829 g/mol. The van der Waals surface area contributed by atoms with Gasteiger partial charge < -0.3 is 8.98 Å². The molecule has 0 fully saturated rings. The van der Waals surface area contributed by atoms with Crippen molar-refractivity contribution in [3.8, 4) is 84.4 Å². The van der Waals surface area contributed by atoms with E-state index in [9.17, 15) is 0 Å². The number of hydrogen-bond donors (Lipinski definition) is 0. The number of rotatable bonds is 8. The minimum atomic E-state index is 0.563. The van der Waals surface area contributed by atoms with Crippen LogP contribution in [0.5, 0.6) is 0 Å². The number of nitrogens with zero attached hydrogens (tertiary/aromatic N) is 4. The number of aromatic nitrogens is 4. The number of fused-ring (bicyclic) bond motifs is 7. The first kappa shape index (κ1) is 39.2. The molecule has 13 rings (SSSR count). The van der Waals surface area contributed by atoms with E-state index in [1.165, 1.54) is 10.8 Å². The molecule has 3 aromatic heterocycles. The summed E-state index contributed by atoms with van der Waals surface area (Å²) in [6.45, 7) is 0. The van der Waals surface area contributed by atoms with Crippen LogP contribution in [0, 0.1) is 0 Å². The van der Waals surface area contributed by atoms with Crippen molar-refractivity contribution in [2.24, 2.45) is 0 Å². The molecule has 68 heavy (non-hydrogen) atoms. The molecule has 318 valence electrons. The monoisotopic (exact) mass is 868 g/mol. The van der Waals surface area contributed by atoms with Gasteiger partial charge in [0.2, 0.25) is 0 Å². The molecule has 13 aromatic rings. The summed E-state index contributed by atoms with van der Waals surface area (Å²) in [5, 5.41) is 4.47. The molecule has 0 unspecified atom stereocenters. The van der Waals surface area contributed by atoms with Crippen LogP contribution < -0.4 is 0 Å². The predicted molar refractivity (Wildman–Crippen MR) is 279 cm³/mol. The fourth-order valence-corrected chi connectivity index (χ4v) is 10.0. The lowest BCUT2D eigenvalue weighted by Gasteiger charge is -2.19. The fraction of sp³-hybridized carbons (Fsp3) is 0. The van der Waals surface area contributed by atoms with E-state index in [0.29, 0.717) is 17.5 Å². The molecule has 0 atom stereocenters. The highest BCUT2D eigenvalue weighted by Gasteiger charge is 2.24. The average Bonchev–Trinajstić information content (AvgIpc) is 3.98. The molecule has 0 aliphatic heterocycles. The van der Waals surface area contributed by atoms with Crippen molar-refractivity contribution in [1.82, 2.24) is 19.5 Å². The van der Waals surface area contributed by atoms with Crippen molar-refractivity contribution < 1.29 is 4.42 Å². The van der Waals surface area contributed by atoms with Crippen LogP contribution in [0.25, 0.3) is 128 Å². The largest absolute Gasteiger partial charge is 0.455 e. The molecule has 0 aliphatic carbocycles. The lowest BCUT2D eigenvalue weighted by atomic mass is 9.85. The summed E-state index contributed by atoms with van der Waals surface area (Å²) < 4.78 is 9.49. The maximum atomic E-state index is 7.11. The Balaban J connectivity index is 1.12. The number of para-hydroxylation sites is 3. The molecule has 0 spiro atoms. The normalized spacial score (nSPS) is 11.5. The highest BCUT2D eigenvalue weighted by molar-refractivity contribution is 6.25. The summed E-state index contributed by atoms with van der Waals surface area (Å²) in [6, 6.07) is 85.1. The second kappa shape index (κ2) is 16.4. The summed E-state index contributed by atoms with van der Waals surface area (Å²) in [5.41, 5.74) is 16.2. The van der Waals surface area contributed by atoms with Crippen LogP contribution in [0.15, 0.2) is 247 Å². The molecule has 5 nitrogen and oxygen atoms in total. The van der Waals surface area contributed by atoms with Crippen molar-refractivity contribution in [2.75, 3.05) is 0 Å². The fourth-order valence-electron chi connectivity index (χ4n) is 10.0. The molecule has 0 bridgehead atoms. The first-order valence-corrected chi connectivity index (χ1v) is 22.9. The Hall–Kier alpha value is -9.19. The highest BCUT2D eigenvalue weighted by atomic mass is 16.3. The van der Waals surface area contributed by atoms with Gasteiger partial charge in [-0.25, -0.2) is 15.0 Å². The number of benzene rings is 10. The molecule has 0 saturated heterocycles. The van der Waals surface area contributed by atoms with E-state index < -0.39 is 0 Å². The lowest BCUT2D eigenvalue weighted by molar-refractivity contribution is 0.670. The number of hydrogen-bond acceptors (Lipinski definition) is 4. The molecule has 0 amide bonds. The maximum absolute atomic E-state index is 7.11. The SMILES string of the molecule is c1ccc(-c2nc(-c3ccccc3)nc(-c3cc(-c4c(-c5ccccc5)cccc4-c4ccccc4)ccc3-c3cccc4c3oc3ccc5c6ccccc6n(-c6ccccc6)c5c34)n2)cc1. The summed E-state index contributed by atoms with van der Waals surface area (Å²) >= 11 is 0. The quantitative estimate of drug-likeness (QED) is 0.153. The molecule has 3 heterocycles. The minimum absolute atomic E-state index is 0.563. The van der Waals surface area contributed by atoms with Gasteiger partial charge in [0.1, 0.15) is 11.2 Å². The van der Waals surface area contributed by atoms with E-state index in [1.54, 1.807) is 0 Å². The van der Waals surface area contributed by atoms with E-state index in [4.69, 9.17) is 19.4 Å². The third-order valence-corrected chi connectivity index (χ3v) is 13.1. The van der Waals surface area contributed by atoms with E-state index in [-0.39, 0.29) is 0 Å². The van der Waals surface area contributed by atoms with Gasteiger partial charge in [0.25, 0.3) is 0 Å². The zero-order valence-corrected chi connectivity index (χ0v) is 36.8. The van der Waals surface area contributed by atoms with Crippen molar-refractivity contribution in [1.29, 1.82) is 0 Å². The van der Waals surface area contributed by atoms with Gasteiger partial charge >= 0.3 is 0 Å². The molecule has 10 aromatic carbocycles. The van der Waals surface area contributed by atoms with Crippen molar-refractivity contribution >= 4 is 43.7 Å². The maximum Gasteiger partial charge on any atom is 0.164 e. The molecule has 0 aliphatic rings. The lowest BCUT2D eigenvalue weighted by Crippen LogP contribution is -2.01. The molecule has 5 heteroatoms. The third-order valence-electron chi connectivity index (χ3n) is 13.1. The number of furan rings is 1. The van der Waals surface area contributed by atoms with Gasteiger partial charge in [0, 0.05) is 44.1 Å². The zero-order valence-electron chi connectivity index (χ0n) is 36.8. The highest BCUT2D eigenvalue weighted by Crippen LogP contribution is 2.47. The summed E-state index contributed by atoms with van der Waals surface area (Å²) in [5.74, 6) is 1.75. The summed E-state index contributed by atoms with van der Waals surface area (Å²) in [6.07, 6.45) is 0. The summed E-state index contributed by atoms with van der Waals surface area (Å²) in [4.78, 5) is 15.8.